The highest BCUT2D eigenvalue weighted by atomic mass is 32.2. The van der Waals surface area contributed by atoms with Crippen molar-refractivity contribution in [2.45, 2.75) is 46.0 Å². The van der Waals surface area contributed by atoms with E-state index in [-0.39, 0.29) is 18.9 Å². The van der Waals surface area contributed by atoms with Gasteiger partial charge < -0.3 is 10.2 Å². The summed E-state index contributed by atoms with van der Waals surface area (Å²) in [6.45, 7) is 6.33. The van der Waals surface area contributed by atoms with Crippen LogP contribution in [0, 0.1) is 13.8 Å². The summed E-state index contributed by atoms with van der Waals surface area (Å²) in [6, 6.07) is 13.7. The number of benzene rings is 2. The van der Waals surface area contributed by atoms with Crippen molar-refractivity contribution in [3.05, 3.63) is 53.6 Å². The van der Waals surface area contributed by atoms with Crippen LogP contribution >= 0.6 is 0 Å². The maximum Gasteiger partial charge on any atom is 0.232 e. The number of carbonyl (C=O) groups is 1. The second-order valence-electron chi connectivity index (χ2n) is 8.43. The molecule has 2 aromatic carbocycles. The first-order valence-electron chi connectivity index (χ1n) is 10.9. The van der Waals surface area contributed by atoms with Crippen molar-refractivity contribution in [3.8, 4) is 0 Å². The van der Waals surface area contributed by atoms with Crippen molar-refractivity contribution in [1.82, 2.24) is 0 Å². The van der Waals surface area contributed by atoms with Gasteiger partial charge in [-0.25, -0.2) is 8.42 Å². The van der Waals surface area contributed by atoms with Gasteiger partial charge in [0.05, 0.1) is 11.9 Å². The van der Waals surface area contributed by atoms with Gasteiger partial charge >= 0.3 is 0 Å². The Labute approximate surface area is 186 Å². The number of rotatable bonds is 8. The highest BCUT2D eigenvalue weighted by molar-refractivity contribution is 7.92. The standard InChI is InChI=1S/C24H33N3O3S/c1-19-16-20(2)18-23(17-19)27(31(3,29)30)15-7-8-24(28)25-21-9-11-22(12-10-21)26-13-5-4-6-14-26/h9-12,16-18H,4-8,13-15H2,1-3H3,(H,25,28). The zero-order valence-corrected chi connectivity index (χ0v) is 19.5. The van der Waals surface area contributed by atoms with Crippen LogP contribution in [-0.4, -0.2) is 40.2 Å². The second-order valence-corrected chi connectivity index (χ2v) is 10.3. The molecule has 1 heterocycles. The summed E-state index contributed by atoms with van der Waals surface area (Å²) >= 11 is 0. The Balaban J connectivity index is 1.54. The monoisotopic (exact) mass is 443 g/mol. The minimum atomic E-state index is -3.43. The lowest BCUT2D eigenvalue weighted by molar-refractivity contribution is -0.116. The van der Waals surface area contributed by atoms with Crippen LogP contribution < -0.4 is 14.5 Å². The number of sulfonamides is 1. The van der Waals surface area contributed by atoms with Crippen molar-refractivity contribution in [3.63, 3.8) is 0 Å². The summed E-state index contributed by atoms with van der Waals surface area (Å²) in [6.07, 6.45) is 5.65. The molecular formula is C24H33N3O3S. The summed E-state index contributed by atoms with van der Waals surface area (Å²) in [5, 5.41) is 2.92. The van der Waals surface area contributed by atoms with Gasteiger partial charge in [-0.2, -0.15) is 0 Å². The topological polar surface area (TPSA) is 69.7 Å². The molecule has 1 amide bonds. The number of nitrogens with one attached hydrogen (secondary N) is 1. The van der Waals surface area contributed by atoms with Gasteiger partial charge in [-0.15, -0.1) is 0 Å². The Kier molecular flexibility index (Phi) is 7.59. The fraction of sp³-hybridized carbons (Fsp3) is 0.458. The third-order valence-corrected chi connectivity index (χ3v) is 6.73. The van der Waals surface area contributed by atoms with E-state index in [0.29, 0.717) is 12.1 Å². The smallest absolute Gasteiger partial charge is 0.232 e. The van der Waals surface area contributed by atoms with Crippen molar-refractivity contribution in [2.75, 3.05) is 40.4 Å². The van der Waals surface area contributed by atoms with Crippen LogP contribution in [0.25, 0.3) is 0 Å². The Hall–Kier alpha value is -2.54. The number of amides is 1. The van der Waals surface area contributed by atoms with E-state index < -0.39 is 10.0 Å². The van der Waals surface area contributed by atoms with E-state index >= 15 is 0 Å². The van der Waals surface area contributed by atoms with Gasteiger partial charge in [-0.05, 0) is 87.1 Å². The minimum Gasteiger partial charge on any atom is -0.372 e. The molecule has 1 fully saturated rings. The number of hydrogen-bond acceptors (Lipinski definition) is 4. The molecule has 0 saturated carbocycles. The lowest BCUT2D eigenvalue weighted by Gasteiger charge is -2.28. The van der Waals surface area contributed by atoms with Crippen LogP contribution in [0.3, 0.4) is 0 Å². The van der Waals surface area contributed by atoms with Crippen molar-refractivity contribution < 1.29 is 13.2 Å². The van der Waals surface area contributed by atoms with Gasteiger partial charge in [0.2, 0.25) is 15.9 Å². The highest BCUT2D eigenvalue weighted by Gasteiger charge is 2.18. The van der Waals surface area contributed by atoms with E-state index in [1.54, 1.807) is 0 Å². The van der Waals surface area contributed by atoms with E-state index in [9.17, 15) is 13.2 Å². The SMILES string of the molecule is Cc1cc(C)cc(N(CCCC(=O)Nc2ccc(N3CCCCC3)cc2)S(C)(=O)=O)c1. The fourth-order valence-electron chi connectivity index (χ4n) is 4.10. The number of anilines is 3. The van der Waals surface area contributed by atoms with E-state index in [0.717, 1.165) is 29.9 Å². The quantitative estimate of drug-likeness (QED) is 0.653. The van der Waals surface area contributed by atoms with E-state index in [1.807, 2.05) is 56.3 Å². The van der Waals surface area contributed by atoms with Crippen LogP contribution in [0.2, 0.25) is 0 Å². The molecule has 0 atom stereocenters. The molecule has 0 spiro atoms. The average Bonchev–Trinajstić information content (AvgIpc) is 2.71. The predicted molar refractivity (Wildman–Crippen MR) is 128 cm³/mol. The molecule has 0 aliphatic carbocycles. The van der Waals surface area contributed by atoms with Gasteiger partial charge in [0.1, 0.15) is 0 Å². The third-order valence-electron chi connectivity index (χ3n) is 5.53. The maximum absolute atomic E-state index is 12.4. The van der Waals surface area contributed by atoms with Crippen LogP contribution in [0.15, 0.2) is 42.5 Å². The third kappa shape index (κ3) is 6.72. The Morgan fingerprint density at radius 1 is 1.00 bits per heavy atom. The van der Waals surface area contributed by atoms with Gasteiger partial charge in [0.25, 0.3) is 0 Å². The van der Waals surface area contributed by atoms with E-state index in [4.69, 9.17) is 0 Å². The minimum absolute atomic E-state index is 0.111. The Bertz CT molecular complexity index is 977. The van der Waals surface area contributed by atoms with Crippen LogP contribution in [0.5, 0.6) is 0 Å². The van der Waals surface area contributed by atoms with Gasteiger partial charge in [0.15, 0.2) is 0 Å². The molecule has 168 valence electrons. The number of nitrogens with zero attached hydrogens (tertiary/aromatic N) is 2. The molecular weight excluding hydrogens is 410 g/mol. The number of carbonyl (C=O) groups excluding carboxylic acids is 1. The molecule has 1 aliphatic rings. The average molecular weight is 444 g/mol. The molecule has 7 heteroatoms. The number of piperidine rings is 1. The molecule has 31 heavy (non-hydrogen) atoms. The van der Waals surface area contributed by atoms with Crippen molar-refractivity contribution >= 4 is 33.0 Å². The highest BCUT2D eigenvalue weighted by Crippen LogP contribution is 2.23. The van der Waals surface area contributed by atoms with Crippen LogP contribution in [0.1, 0.15) is 43.2 Å². The molecule has 2 aromatic rings. The summed E-state index contributed by atoms with van der Waals surface area (Å²) < 4.78 is 26.0. The summed E-state index contributed by atoms with van der Waals surface area (Å²) in [7, 11) is -3.43. The van der Waals surface area contributed by atoms with Crippen molar-refractivity contribution in [2.24, 2.45) is 0 Å². The first-order chi connectivity index (χ1) is 14.7. The number of hydrogen-bond donors (Lipinski definition) is 1. The largest absolute Gasteiger partial charge is 0.372 e. The maximum atomic E-state index is 12.4. The summed E-state index contributed by atoms with van der Waals surface area (Å²) in [4.78, 5) is 14.8. The molecule has 1 N–H and O–H groups in total. The van der Waals surface area contributed by atoms with Crippen LogP contribution in [0.4, 0.5) is 17.1 Å². The van der Waals surface area contributed by atoms with Crippen molar-refractivity contribution in [1.29, 1.82) is 0 Å². The van der Waals surface area contributed by atoms with E-state index in [2.05, 4.69) is 10.2 Å². The Morgan fingerprint density at radius 3 is 2.19 bits per heavy atom. The lowest BCUT2D eigenvalue weighted by Crippen LogP contribution is -2.31. The number of aryl methyl sites for hydroxylation is 2. The molecule has 1 saturated heterocycles. The van der Waals surface area contributed by atoms with Gasteiger partial charge in [-0.1, -0.05) is 6.07 Å². The molecule has 3 rings (SSSR count). The van der Waals surface area contributed by atoms with Gasteiger partial charge in [-0.3, -0.25) is 9.10 Å². The summed E-state index contributed by atoms with van der Waals surface area (Å²) in [5.74, 6) is -0.111. The zero-order valence-electron chi connectivity index (χ0n) is 18.7. The molecule has 0 unspecified atom stereocenters. The van der Waals surface area contributed by atoms with E-state index in [1.165, 1.54) is 35.5 Å². The normalized spacial score (nSPS) is 14.4. The van der Waals surface area contributed by atoms with Crippen LogP contribution in [-0.2, 0) is 14.8 Å². The molecule has 1 aliphatic heterocycles. The zero-order chi connectivity index (χ0) is 22.4. The summed E-state index contributed by atoms with van der Waals surface area (Å²) in [5.41, 5.74) is 4.62. The first-order valence-corrected chi connectivity index (χ1v) is 12.8. The molecule has 0 aromatic heterocycles. The lowest BCUT2D eigenvalue weighted by atomic mass is 10.1. The first kappa shape index (κ1) is 23.1. The molecule has 6 nitrogen and oxygen atoms in total. The predicted octanol–water partition coefficient (Wildman–Crippen LogP) is 4.48. The fourth-order valence-corrected chi connectivity index (χ4v) is 5.04. The Morgan fingerprint density at radius 2 is 1.61 bits per heavy atom. The molecule has 0 bridgehead atoms. The second kappa shape index (κ2) is 10.2. The van der Waals surface area contributed by atoms with Gasteiger partial charge in [0, 0.05) is 37.4 Å². The molecule has 0 radical (unpaired) electrons.